The molecule has 0 radical (unpaired) electrons. The van der Waals surface area contributed by atoms with Crippen molar-refractivity contribution in [2.24, 2.45) is 17.3 Å². The van der Waals surface area contributed by atoms with Gasteiger partial charge in [0.05, 0.1) is 12.2 Å². The van der Waals surface area contributed by atoms with Crippen LogP contribution in [0, 0.1) is 17.3 Å². The molecule has 6 nitrogen and oxygen atoms in total. The number of aliphatic hydroxyl groups is 2. The molecule has 0 heterocycles. The minimum atomic E-state index is -1.04. The molecule has 2 aliphatic rings. The van der Waals surface area contributed by atoms with Gasteiger partial charge in [-0.2, -0.15) is 0 Å². The minimum Gasteiger partial charge on any atom is -0.478 e. The molecule has 130 valence electrons. The number of fused-ring (bicyclic) bond motifs is 1. The minimum absolute atomic E-state index is 0.0172. The van der Waals surface area contributed by atoms with Gasteiger partial charge in [-0.1, -0.05) is 13.8 Å². The van der Waals surface area contributed by atoms with Gasteiger partial charge in [0.15, 0.2) is 0 Å². The topological polar surface area (TPSA) is 104 Å². The Balaban J connectivity index is 2.36. The highest BCUT2D eigenvalue weighted by Gasteiger charge is 2.54. The quantitative estimate of drug-likeness (QED) is 0.525. The van der Waals surface area contributed by atoms with E-state index in [1.54, 1.807) is 0 Å². The number of ether oxygens (including phenoxy) is 1. The van der Waals surface area contributed by atoms with Crippen LogP contribution >= 0.6 is 0 Å². The van der Waals surface area contributed by atoms with Crippen molar-refractivity contribution >= 4 is 11.9 Å². The first kappa shape index (κ1) is 17.9. The maximum Gasteiger partial charge on any atom is 0.331 e. The number of hydrogen-bond donors (Lipinski definition) is 3. The lowest BCUT2D eigenvalue weighted by molar-refractivity contribution is -0.175. The van der Waals surface area contributed by atoms with Crippen LogP contribution in [0.2, 0.25) is 0 Å². The SMILES string of the molecule is CC(=O)O[C@H]1C[C@@H](O)[C@@]2(C)C[C@H](O)/C(=C(/C)C(=O)O)C[C@@H]2[C@H]1C. The predicted octanol–water partition coefficient (Wildman–Crippen LogP) is 1.50. The summed E-state index contributed by atoms with van der Waals surface area (Å²) in [5.41, 5.74) is 0.163. The lowest BCUT2D eigenvalue weighted by Crippen LogP contribution is -2.56. The van der Waals surface area contributed by atoms with Gasteiger partial charge in [0, 0.05) is 18.9 Å². The highest BCUT2D eigenvalue weighted by atomic mass is 16.5. The van der Waals surface area contributed by atoms with Crippen molar-refractivity contribution < 1.29 is 29.6 Å². The summed E-state index contributed by atoms with van der Waals surface area (Å²) >= 11 is 0. The van der Waals surface area contributed by atoms with E-state index in [4.69, 9.17) is 4.74 Å². The molecule has 2 fully saturated rings. The van der Waals surface area contributed by atoms with Gasteiger partial charge in [-0.3, -0.25) is 4.79 Å². The fourth-order valence-electron chi connectivity index (χ4n) is 4.34. The molecule has 6 atom stereocenters. The van der Waals surface area contributed by atoms with Gasteiger partial charge in [0.25, 0.3) is 0 Å². The molecule has 0 aromatic carbocycles. The monoisotopic (exact) mass is 326 g/mol. The Bertz CT molecular complexity index is 539. The molecule has 2 rings (SSSR count). The summed E-state index contributed by atoms with van der Waals surface area (Å²) < 4.78 is 5.34. The number of hydrogen-bond acceptors (Lipinski definition) is 5. The summed E-state index contributed by atoms with van der Waals surface area (Å²) in [6, 6.07) is 0. The smallest absolute Gasteiger partial charge is 0.331 e. The van der Waals surface area contributed by atoms with E-state index >= 15 is 0 Å². The molecule has 23 heavy (non-hydrogen) atoms. The van der Waals surface area contributed by atoms with E-state index in [0.29, 0.717) is 24.8 Å². The Morgan fingerprint density at radius 2 is 1.87 bits per heavy atom. The van der Waals surface area contributed by atoms with Gasteiger partial charge in [0.2, 0.25) is 0 Å². The van der Waals surface area contributed by atoms with Crippen LogP contribution in [-0.2, 0) is 14.3 Å². The molecule has 0 aromatic rings. The standard InChI is InChI=1S/C17H26O6/c1-8(16(21)22)11-5-12-9(2)14(23-10(3)18)6-15(20)17(12,4)7-13(11)19/h9,12-15,19-20H,5-7H2,1-4H3,(H,21,22)/b11-8-/t9-,12-,13+,14+,15-,17+/m1/s1. The van der Waals surface area contributed by atoms with Crippen LogP contribution < -0.4 is 0 Å². The van der Waals surface area contributed by atoms with Crippen LogP contribution in [0.5, 0.6) is 0 Å². The maximum atomic E-state index is 11.3. The van der Waals surface area contributed by atoms with Crippen molar-refractivity contribution in [2.75, 3.05) is 0 Å². The predicted molar refractivity (Wildman–Crippen MR) is 82.5 cm³/mol. The van der Waals surface area contributed by atoms with Gasteiger partial charge >= 0.3 is 11.9 Å². The van der Waals surface area contributed by atoms with Crippen LogP contribution in [0.3, 0.4) is 0 Å². The van der Waals surface area contributed by atoms with E-state index in [2.05, 4.69) is 0 Å². The molecule has 6 heteroatoms. The maximum absolute atomic E-state index is 11.3. The van der Waals surface area contributed by atoms with Gasteiger partial charge in [-0.15, -0.1) is 0 Å². The second-order valence-corrected chi connectivity index (χ2v) is 7.25. The van der Waals surface area contributed by atoms with Crippen molar-refractivity contribution in [3.05, 3.63) is 11.1 Å². The molecule has 0 saturated heterocycles. The fraction of sp³-hybridized carbons (Fsp3) is 0.765. The number of aliphatic hydroxyl groups excluding tert-OH is 2. The third-order valence-electron chi connectivity index (χ3n) is 5.88. The zero-order valence-electron chi connectivity index (χ0n) is 14.1. The Morgan fingerprint density at radius 3 is 2.39 bits per heavy atom. The zero-order valence-corrected chi connectivity index (χ0v) is 14.1. The van der Waals surface area contributed by atoms with Crippen LogP contribution in [0.15, 0.2) is 11.1 Å². The van der Waals surface area contributed by atoms with E-state index in [-0.39, 0.29) is 29.5 Å². The van der Waals surface area contributed by atoms with Gasteiger partial charge in [0.1, 0.15) is 6.10 Å². The molecule has 0 spiro atoms. The van der Waals surface area contributed by atoms with E-state index in [0.717, 1.165) is 0 Å². The average molecular weight is 326 g/mol. The van der Waals surface area contributed by atoms with Crippen molar-refractivity contribution in [3.63, 3.8) is 0 Å². The number of aliphatic carboxylic acids is 1. The first-order valence-corrected chi connectivity index (χ1v) is 8.04. The third-order valence-corrected chi connectivity index (χ3v) is 5.88. The Morgan fingerprint density at radius 1 is 1.26 bits per heavy atom. The van der Waals surface area contributed by atoms with Crippen molar-refractivity contribution in [1.82, 2.24) is 0 Å². The largest absolute Gasteiger partial charge is 0.478 e. The number of rotatable bonds is 2. The molecule has 3 N–H and O–H groups in total. The first-order valence-electron chi connectivity index (χ1n) is 8.04. The Hall–Kier alpha value is -1.40. The van der Waals surface area contributed by atoms with Crippen molar-refractivity contribution in [3.8, 4) is 0 Å². The number of carboxylic acid groups (broad SMARTS) is 1. The lowest BCUT2D eigenvalue weighted by Gasteiger charge is -2.55. The summed E-state index contributed by atoms with van der Waals surface area (Å²) in [5.74, 6) is -1.49. The Labute approximate surface area is 136 Å². The molecule has 0 aliphatic heterocycles. The lowest BCUT2D eigenvalue weighted by atomic mass is 9.53. The second kappa shape index (κ2) is 6.24. The molecule has 0 unspecified atom stereocenters. The van der Waals surface area contributed by atoms with Crippen LogP contribution in [0.1, 0.15) is 47.0 Å². The van der Waals surface area contributed by atoms with Crippen LogP contribution in [0.4, 0.5) is 0 Å². The summed E-state index contributed by atoms with van der Waals surface area (Å²) in [7, 11) is 0. The van der Waals surface area contributed by atoms with E-state index in [9.17, 15) is 24.9 Å². The molecular weight excluding hydrogens is 300 g/mol. The number of esters is 1. The van der Waals surface area contributed by atoms with Crippen molar-refractivity contribution in [1.29, 1.82) is 0 Å². The number of carboxylic acids is 1. The first-order chi connectivity index (χ1) is 10.6. The van der Waals surface area contributed by atoms with E-state index < -0.39 is 23.6 Å². The summed E-state index contributed by atoms with van der Waals surface area (Å²) in [6.45, 7) is 6.74. The average Bonchev–Trinajstić information content (AvgIpc) is 2.43. The van der Waals surface area contributed by atoms with Gasteiger partial charge in [-0.05, 0) is 42.6 Å². The molecule has 0 bridgehead atoms. The molecule has 2 saturated carbocycles. The fourth-order valence-corrected chi connectivity index (χ4v) is 4.34. The molecule has 0 aromatic heterocycles. The zero-order chi connectivity index (χ0) is 17.5. The highest BCUT2D eigenvalue weighted by Crippen LogP contribution is 2.54. The summed E-state index contributed by atoms with van der Waals surface area (Å²) in [4.78, 5) is 22.5. The second-order valence-electron chi connectivity index (χ2n) is 7.25. The van der Waals surface area contributed by atoms with Gasteiger partial charge in [-0.25, -0.2) is 4.79 Å². The van der Waals surface area contributed by atoms with Crippen molar-refractivity contribution in [2.45, 2.75) is 65.3 Å². The van der Waals surface area contributed by atoms with Gasteiger partial charge < -0.3 is 20.1 Å². The molecule has 2 aliphatic carbocycles. The number of carbonyl (C=O) groups excluding carboxylic acids is 1. The third kappa shape index (κ3) is 3.15. The number of carbonyl (C=O) groups is 2. The molecular formula is C17H26O6. The summed E-state index contributed by atoms with van der Waals surface area (Å²) in [6.07, 6.45) is -0.893. The molecule has 0 amide bonds. The van der Waals surface area contributed by atoms with Crippen LogP contribution in [-0.4, -0.2) is 45.6 Å². The van der Waals surface area contributed by atoms with E-state index in [1.807, 2.05) is 13.8 Å². The van der Waals surface area contributed by atoms with E-state index in [1.165, 1.54) is 13.8 Å². The summed E-state index contributed by atoms with van der Waals surface area (Å²) in [5, 5.41) is 30.2. The Kier molecular flexibility index (Phi) is 4.87. The normalized spacial score (nSPS) is 42.6. The highest BCUT2D eigenvalue weighted by molar-refractivity contribution is 5.87. The van der Waals surface area contributed by atoms with Crippen LogP contribution in [0.25, 0.3) is 0 Å².